The van der Waals surface area contributed by atoms with Gasteiger partial charge in [0.05, 0.1) is 32.0 Å². The number of hydrogen-bond donors (Lipinski definition) is 3. The highest BCUT2D eigenvalue weighted by molar-refractivity contribution is 6.67. The second-order valence-electron chi connectivity index (χ2n) is 11.3. The number of amides is 2. The van der Waals surface area contributed by atoms with Crippen LogP contribution in [0.3, 0.4) is 0 Å². The summed E-state index contributed by atoms with van der Waals surface area (Å²) >= 11 is 5.13. The Morgan fingerprint density at radius 3 is 1.70 bits per heavy atom. The molecule has 0 saturated heterocycles. The number of rotatable bonds is 13. The number of alkyl carbamates (subject to hydrolysis) is 1. The van der Waals surface area contributed by atoms with Crippen LogP contribution in [0.5, 0.6) is 0 Å². The van der Waals surface area contributed by atoms with Crippen molar-refractivity contribution < 1.29 is 43.1 Å². The van der Waals surface area contributed by atoms with Crippen LogP contribution in [0.15, 0.2) is 97.1 Å². The number of nitro benzene ring substituents is 1. The molecule has 4 aromatic rings. The van der Waals surface area contributed by atoms with E-state index < -0.39 is 16.3 Å². The normalized spacial score (nSPS) is 10.7. The third-order valence-electron chi connectivity index (χ3n) is 7.85. The quantitative estimate of drug-likeness (QED) is 0.0445. The molecule has 14 nitrogen and oxygen atoms in total. The number of esters is 2. The number of benzene rings is 4. The maximum atomic E-state index is 11.8. The summed E-state index contributed by atoms with van der Waals surface area (Å²) in [6.45, 7) is 3.58. The fourth-order valence-electron chi connectivity index (χ4n) is 5.16. The second-order valence-corrected chi connectivity index (χ2v) is 11.7. The summed E-state index contributed by atoms with van der Waals surface area (Å²) in [6, 6.07) is 28.6. The SMILES string of the molecule is CCNc1ccc(C(=O)NCCC(=O)OC)cc1.COC(=O)CCNC(=O)OCC1c2ccccc2-c2ccccc21.O=C(Cl)c1ccc([N+](=O)[O-])cc1. The summed E-state index contributed by atoms with van der Waals surface area (Å²) in [4.78, 5) is 65.5. The Morgan fingerprint density at radius 1 is 0.722 bits per heavy atom. The van der Waals surface area contributed by atoms with Gasteiger partial charge in [-0.1, -0.05) is 48.5 Å². The first kappa shape index (κ1) is 42.1. The van der Waals surface area contributed by atoms with E-state index in [1.807, 2.05) is 43.3 Å². The summed E-state index contributed by atoms with van der Waals surface area (Å²) in [5, 5.41) is 17.9. The van der Waals surface area contributed by atoms with Crippen molar-refractivity contribution in [3.05, 3.63) is 129 Å². The summed E-state index contributed by atoms with van der Waals surface area (Å²) in [6.07, 6.45) is -0.223. The second kappa shape index (κ2) is 21.9. The number of nitrogens with one attached hydrogen (secondary N) is 3. The first-order valence-corrected chi connectivity index (χ1v) is 17.2. The Labute approximate surface area is 317 Å². The lowest BCUT2D eigenvalue weighted by molar-refractivity contribution is -0.384. The van der Waals surface area contributed by atoms with E-state index in [0.29, 0.717) is 5.56 Å². The molecule has 0 fully saturated rings. The number of ether oxygens (including phenoxy) is 3. The van der Waals surface area contributed by atoms with Crippen LogP contribution in [0.1, 0.15) is 57.5 Å². The van der Waals surface area contributed by atoms with Gasteiger partial charge in [0.1, 0.15) is 6.61 Å². The van der Waals surface area contributed by atoms with Crippen molar-refractivity contribution in [3.8, 4) is 11.1 Å². The van der Waals surface area contributed by atoms with Crippen molar-refractivity contribution in [2.24, 2.45) is 0 Å². The molecule has 284 valence electrons. The van der Waals surface area contributed by atoms with E-state index in [2.05, 4.69) is 49.7 Å². The van der Waals surface area contributed by atoms with Gasteiger partial charge in [0, 0.05) is 54.5 Å². The molecule has 4 aromatic carbocycles. The molecule has 0 bridgehead atoms. The number of methoxy groups -OCH3 is 2. The highest BCUT2D eigenvalue weighted by Crippen LogP contribution is 2.44. The van der Waals surface area contributed by atoms with Crippen LogP contribution < -0.4 is 16.0 Å². The zero-order valence-electron chi connectivity index (χ0n) is 30.0. The minimum absolute atomic E-state index is 0.0313. The highest BCUT2D eigenvalue weighted by Gasteiger charge is 2.29. The number of anilines is 1. The van der Waals surface area contributed by atoms with Crippen molar-refractivity contribution in [2.45, 2.75) is 25.7 Å². The molecule has 15 heteroatoms. The van der Waals surface area contributed by atoms with Gasteiger partial charge in [0.25, 0.3) is 16.8 Å². The number of halogens is 1. The van der Waals surface area contributed by atoms with Crippen molar-refractivity contribution in [1.29, 1.82) is 0 Å². The molecule has 0 aromatic heterocycles. The van der Waals surface area contributed by atoms with E-state index in [1.165, 1.54) is 60.7 Å². The largest absolute Gasteiger partial charge is 0.469 e. The lowest BCUT2D eigenvalue weighted by Gasteiger charge is -2.14. The lowest BCUT2D eigenvalue weighted by Crippen LogP contribution is -2.28. The van der Waals surface area contributed by atoms with Gasteiger partial charge in [0.15, 0.2) is 0 Å². The molecule has 0 saturated carbocycles. The number of non-ortho nitro benzene ring substituents is 1. The summed E-state index contributed by atoms with van der Waals surface area (Å²) in [5.74, 6) is -0.863. The Bertz CT molecular complexity index is 1820. The van der Waals surface area contributed by atoms with Gasteiger partial charge < -0.3 is 30.2 Å². The molecular formula is C39H41ClN4O10. The fraction of sp³-hybridized carbons (Fsp3) is 0.256. The standard InChI is InChI=1S/C19H19NO4.C13H18N2O3.C7H4ClNO3/c1-23-18(21)10-11-20-19(22)24-12-17-15-8-4-2-6-13(15)14-7-3-5-9-16(14)17;1-3-14-11-6-4-10(5-7-11)13(17)15-9-8-12(16)18-2;8-7(10)5-1-3-6(4-2-5)9(11)12/h2-9,17H,10-12H2,1H3,(H,20,22);4-7,14H,3,8-9H2,1-2H3,(H,15,17);1-4H. The highest BCUT2D eigenvalue weighted by atomic mass is 35.5. The topological polar surface area (TPSA) is 192 Å². The Balaban J connectivity index is 0.000000231. The molecule has 0 unspecified atom stereocenters. The molecule has 0 radical (unpaired) electrons. The van der Waals surface area contributed by atoms with E-state index >= 15 is 0 Å². The third kappa shape index (κ3) is 13.0. The number of nitrogens with zero attached hydrogens (tertiary/aromatic N) is 1. The predicted molar refractivity (Wildman–Crippen MR) is 203 cm³/mol. The molecule has 2 amide bonds. The van der Waals surface area contributed by atoms with Gasteiger partial charge in [-0.25, -0.2) is 4.79 Å². The van der Waals surface area contributed by atoms with E-state index in [9.17, 15) is 34.1 Å². The van der Waals surface area contributed by atoms with Gasteiger partial charge in [-0.3, -0.25) is 29.3 Å². The maximum Gasteiger partial charge on any atom is 0.407 e. The fourth-order valence-corrected chi connectivity index (χ4v) is 5.28. The van der Waals surface area contributed by atoms with Crippen molar-refractivity contribution in [3.63, 3.8) is 0 Å². The Kier molecular flexibility index (Phi) is 17.1. The number of nitro groups is 1. The smallest absolute Gasteiger partial charge is 0.407 e. The van der Waals surface area contributed by atoms with Gasteiger partial charge in [-0.15, -0.1) is 0 Å². The molecule has 1 aliphatic rings. The molecule has 5 rings (SSSR count). The van der Waals surface area contributed by atoms with E-state index in [-0.39, 0.29) is 67.6 Å². The first-order valence-electron chi connectivity index (χ1n) is 16.8. The van der Waals surface area contributed by atoms with Gasteiger partial charge in [0.2, 0.25) is 0 Å². The molecule has 3 N–H and O–H groups in total. The van der Waals surface area contributed by atoms with Crippen LogP contribution >= 0.6 is 11.6 Å². The average molecular weight is 761 g/mol. The summed E-state index contributed by atoms with van der Waals surface area (Å²) in [7, 11) is 2.64. The average Bonchev–Trinajstić information content (AvgIpc) is 3.51. The molecule has 0 heterocycles. The molecule has 0 spiro atoms. The number of hydrogen-bond acceptors (Lipinski definition) is 11. The van der Waals surface area contributed by atoms with Crippen LogP contribution in [0, 0.1) is 10.1 Å². The van der Waals surface area contributed by atoms with E-state index in [4.69, 9.17) is 16.3 Å². The van der Waals surface area contributed by atoms with Crippen molar-refractivity contribution in [1.82, 2.24) is 10.6 Å². The van der Waals surface area contributed by atoms with Crippen molar-refractivity contribution >= 4 is 52.2 Å². The first-order chi connectivity index (χ1) is 26.0. The monoisotopic (exact) mass is 760 g/mol. The molecule has 54 heavy (non-hydrogen) atoms. The van der Waals surface area contributed by atoms with Gasteiger partial charge in [-0.05, 0) is 77.2 Å². The number of fused-ring (bicyclic) bond motifs is 3. The maximum absolute atomic E-state index is 11.8. The molecular weight excluding hydrogens is 720 g/mol. The number of carbonyl (C=O) groups excluding carboxylic acids is 5. The van der Waals surface area contributed by atoms with E-state index in [1.54, 1.807) is 12.1 Å². The van der Waals surface area contributed by atoms with Crippen LogP contribution in [0.2, 0.25) is 0 Å². The zero-order valence-corrected chi connectivity index (χ0v) is 30.7. The summed E-state index contributed by atoms with van der Waals surface area (Å²) in [5.41, 5.74) is 6.45. The van der Waals surface area contributed by atoms with Crippen molar-refractivity contribution in [2.75, 3.05) is 45.8 Å². The zero-order chi connectivity index (χ0) is 39.5. The predicted octanol–water partition coefficient (Wildman–Crippen LogP) is 6.47. The van der Waals surface area contributed by atoms with Crippen LogP contribution in [0.25, 0.3) is 11.1 Å². The molecule has 1 aliphatic carbocycles. The van der Waals surface area contributed by atoms with Crippen LogP contribution in [0.4, 0.5) is 16.2 Å². The van der Waals surface area contributed by atoms with Gasteiger partial charge >= 0.3 is 18.0 Å². The number of carbonyl (C=O) groups is 5. The Morgan fingerprint density at radius 2 is 1.22 bits per heavy atom. The van der Waals surface area contributed by atoms with E-state index in [0.717, 1.165) is 12.2 Å². The molecule has 0 atom stereocenters. The summed E-state index contributed by atoms with van der Waals surface area (Å²) < 4.78 is 14.4. The van der Waals surface area contributed by atoms with Crippen LogP contribution in [-0.4, -0.2) is 74.6 Å². The van der Waals surface area contributed by atoms with Gasteiger partial charge in [-0.2, -0.15) is 0 Å². The third-order valence-corrected chi connectivity index (χ3v) is 8.06. The minimum atomic E-state index is -0.620. The minimum Gasteiger partial charge on any atom is -0.469 e. The lowest BCUT2D eigenvalue weighted by atomic mass is 9.98. The van der Waals surface area contributed by atoms with Crippen LogP contribution in [-0.2, 0) is 23.8 Å². The Hall–Kier alpha value is -6.28. The molecule has 0 aliphatic heterocycles.